The minimum atomic E-state index is -3.62. The third kappa shape index (κ3) is 2.94. The van der Waals surface area contributed by atoms with E-state index in [1.807, 2.05) is 0 Å². The molecule has 20 heavy (non-hydrogen) atoms. The van der Waals surface area contributed by atoms with Crippen molar-refractivity contribution in [1.82, 2.24) is 4.31 Å². The summed E-state index contributed by atoms with van der Waals surface area (Å²) in [4.78, 5) is 0. The average Bonchev–Trinajstić information content (AvgIpc) is 2.47. The standard InChI is InChI=1S/C13H20FN3O2S/c1-16(12-7-5-11(14)6-8-12)20(18,19)17-9-3-2-4-13(17)10-15/h5-8,13H,2-4,9-10,15H2,1H3. The Morgan fingerprint density at radius 3 is 2.60 bits per heavy atom. The summed E-state index contributed by atoms with van der Waals surface area (Å²) in [5.74, 6) is -0.391. The van der Waals surface area contributed by atoms with E-state index in [-0.39, 0.29) is 6.04 Å². The van der Waals surface area contributed by atoms with E-state index < -0.39 is 16.0 Å². The molecule has 1 atom stereocenters. The summed E-state index contributed by atoms with van der Waals surface area (Å²) in [6.45, 7) is 0.798. The average molecular weight is 301 g/mol. The number of piperidine rings is 1. The topological polar surface area (TPSA) is 66.6 Å². The Bertz CT molecular complexity index is 547. The summed E-state index contributed by atoms with van der Waals surface area (Å²) in [6.07, 6.45) is 2.62. The molecule has 1 aromatic rings. The molecule has 1 heterocycles. The Kier molecular flexibility index (Phi) is 4.62. The maximum Gasteiger partial charge on any atom is 0.304 e. The molecule has 1 aliphatic heterocycles. The van der Waals surface area contributed by atoms with Gasteiger partial charge in [-0.25, -0.2) is 4.39 Å². The summed E-state index contributed by atoms with van der Waals surface area (Å²) in [7, 11) is -2.15. The van der Waals surface area contributed by atoms with Crippen molar-refractivity contribution in [2.45, 2.75) is 25.3 Å². The molecule has 1 saturated heterocycles. The number of hydrogen-bond acceptors (Lipinski definition) is 3. The molecule has 2 N–H and O–H groups in total. The van der Waals surface area contributed by atoms with E-state index in [1.165, 1.54) is 39.9 Å². The molecule has 112 valence electrons. The quantitative estimate of drug-likeness (QED) is 0.912. The van der Waals surface area contributed by atoms with Gasteiger partial charge in [0.25, 0.3) is 0 Å². The lowest BCUT2D eigenvalue weighted by Crippen LogP contribution is -2.52. The SMILES string of the molecule is CN(c1ccc(F)cc1)S(=O)(=O)N1CCCCC1CN. The van der Waals surface area contributed by atoms with Gasteiger partial charge >= 0.3 is 10.2 Å². The van der Waals surface area contributed by atoms with Gasteiger partial charge in [-0.05, 0) is 37.1 Å². The smallest absolute Gasteiger partial charge is 0.304 e. The van der Waals surface area contributed by atoms with Crippen molar-refractivity contribution in [1.29, 1.82) is 0 Å². The molecule has 0 aliphatic carbocycles. The Balaban J connectivity index is 2.26. The Morgan fingerprint density at radius 2 is 2.00 bits per heavy atom. The van der Waals surface area contributed by atoms with Crippen LogP contribution in [0.3, 0.4) is 0 Å². The van der Waals surface area contributed by atoms with Gasteiger partial charge in [0.2, 0.25) is 0 Å². The largest absolute Gasteiger partial charge is 0.329 e. The Morgan fingerprint density at radius 1 is 1.35 bits per heavy atom. The minimum absolute atomic E-state index is 0.156. The zero-order chi connectivity index (χ0) is 14.8. The van der Waals surface area contributed by atoms with Gasteiger partial charge in [-0.15, -0.1) is 0 Å². The van der Waals surface area contributed by atoms with Crippen LogP contribution < -0.4 is 10.0 Å². The summed E-state index contributed by atoms with van der Waals surface area (Å²) < 4.78 is 40.8. The normalized spacial score (nSPS) is 20.9. The lowest BCUT2D eigenvalue weighted by Gasteiger charge is -2.36. The lowest BCUT2D eigenvalue weighted by molar-refractivity contribution is 0.257. The van der Waals surface area contributed by atoms with Crippen molar-refractivity contribution in [3.63, 3.8) is 0 Å². The second-order valence-electron chi connectivity index (χ2n) is 4.95. The van der Waals surface area contributed by atoms with Crippen LogP contribution in [-0.4, -0.2) is 38.9 Å². The predicted octanol–water partition coefficient (Wildman–Crippen LogP) is 1.32. The second kappa shape index (κ2) is 6.07. The third-order valence-corrected chi connectivity index (χ3v) is 5.65. The molecular formula is C13H20FN3O2S. The van der Waals surface area contributed by atoms with Gasteiger partial charge in [-0.2, -0.15) is 12.7 Å². The number of benzene rings is 1. The lowest BCUT2D eigenvalue weighted by atomic mass is 10.1. The molecule has 1 aromatic carbocycles. The first-order valence-corrected chi connectivity index (χ1v) is 8.08. The molecule has 1 aliphatic rings. The fourth-order valence-corrected chi connectivity index (χ4v) is 4.09. The zero-order valence-corrected chi connectivity index (χ0v) is 12.3. The molecule has 1 fully saturated rings. The van der Waals surface area contributed by atoms with E-state index in [2.05, 4.69) is 0 Å². The van der Waals surface area contributed by atoms with Crippen molar-refractivity contribution in [2.24, 2.45) is 5.73 Å². The fourth-order valence-electron chi connectivity index (χ4n) is 2.45. The monoisotopic (exact) mass is 301 g/mol. The number of anilines is 1. The van der Waals surface area contributed by atoms with Gasteiger partial charge < -0.3 is 5.73 Å². The first-order chi connectivity index (χ1) is 9.46. The summed E-state index contributed by atoms with van der Waals surface area (Å²) >= 11 is 0. The number of rotatable bonds is 4. The molecule has 5 nitrogen and oxygen atoms in total. The predicted molar refractivity (Wildman–Crippen MR) is 77.1 cm³/mol. The van der Waals surface area contributed by atoms with Crippen LogP contribution in [0.1, 0.15) is 19.3 Å². The minimum Gasteiger partial charge on any atom is -0.329 e. The van der Waals surface area contributed by atoms with Gasteiger partial charge in [0.05, 0.1) is 5.69 Å². The molecule has 0 radical (unpaired) electrons. The van der Waals surface area contributed by atoms with Crippen molar-refractivity contribution in [2.75, 3.05) is 24.4 Å². The first-order valence-electron chi connectivity index (χ1n) is 6.68. The fraction of sp³-hybridized carbons (Fsp3) is 0.538. The van der Waals surface area contributed by atoms with Crippen LogP contribution in [0.5, 0.6) is 0 Å². The van der Waals surface area contributed by atoms with E-state index in [4.69, 9.17) is 5.73 Å². The van der Waals surface area contributed by atoms with Crippen molar-refractivity contribution in [3.8, 4) is 0 Å². The molecule has 0 saturated carbocycles. The van der Waals surface area contributed by atoms with Gasteiger partial charge in [0.15, 0.2) is 0 Å². The maximum atomic E-state index is 12.9. The molecule has 1 unspecified atom stereocenters. The van der Waals surface area contributed by atoms with Gasteiger partial charge in [-0.3, -0.25) is 4.31 Å². The second-order valence-corrected chi connectivity index (χ2v) is 6.86. The van der Waals surface area contributed by atoms with Crippen LogP contribution in [0.15, 0.2) is 24.3 Å². The highest BCUT2D eigenvalue weighted by atomic mass is 32.2. The van der Waals surface area contributed by atoms with E-state index >= 15 is 0 Å². The number of halogens is 1. The van der Waals surface area contributed by atoms with Crippen LogP contribution >= 0.6 is 0 Å². The maximum absolute atomic E-state index is 12.9. The van der Waals surface area contributed by atoms with Gasteiger partial charge in [0, 0.05) is 26.2 Å². The highest BCUT2D eigenvalue weighted by Gasteiger charge is 2.34. The number of nitrogens with zero attached hydrogens (tertiary/aromatic N) is 2. The van der Waals surface area contributed by atoms with E-state index in [0.717, 1.165) is 19.3 Å². The molecule has 0 aromatic heterocycles. The summed E-state index contributed by atoms with van der Waals surface area (Å²) in [5, 5.41) is 0. The molecule has 0 bridgehead atoms. The number of hydrogen-bond donors (Lipinski definition) is 1. The summed E-state index contributed by atoms with van der Waals surface area (Å²) in [5.41, 5.74) is 6.11. The van der Waals surface area contributed by atoms with E-state index in [1.54, 1.807) is 0 Å². The van der Waals surface area contributed by atoms with Gasteiger partial charge in [0.1, 0.15) is 5.82 Å². The molecule has 7 heteroatoms. The molecule has 0 spiro atoms. The van der Waals surface area contributed by atoms with Crippen molar-refractivity contribution < 1.29 is 12.8 Å². The van der Waals surface area contributed by atoms with Crippen LogP contribution in [-0.2, 0) is 10.2 Å². The molecular weight excluding hydrogens is 281 g/mol. The van der Waals surface area contributed by atoms with Crippen molar-refractivity contribution >= 4 is 15.9 Å². The first kappa shape index (κ1) is 15.2. The van der Waals surface area contributed by atoms with Crippen LogP contribution in [0.25, 0.3) is 0 Å². The highest BCUT2D eigenvalue weighted by molar-refractivity contribution is 7.90. The van der Waals surface area contributed by atoms with Crippen LogP contribution in [0.2, 0.25) is 0 Å². The Hall–Kier alpha value is -1.18. The van der Waals surface area contributed by atoms with Crippen LogP contribution in [0.4, 0.5) is 10.1 Å². The Labute approximate surface area is 119 Å². The van der Waals surface area contributed by atoms with E-state index in [9.17, 15) is 12.8 Å². The zero-order valence-electron chi connectivity index (χ0n) is 11.5. The van der Waals surface area contributed by atoms with Crippen LogP contribution in [0, 0.1) is 5.82 Å². The van der Waals surface area contributed by atoms with E-state index in [0.29, 0.717) is 18.8 Å². The van der Waals surface area contributed by atoms with Gasteiger partial charge in [-0.1, -0.05) is 6.42 Å². The highest BCUT2D eigenvalue weighted by Crippen LogP contribution is 2.25. The summed E-state index contributed by atoms with van der Waals surface area (Å²) in [6, 6.07) is 5.25. The number of nitrogens with two attached hydrogens (primary N) is 1. The van der Waals surface area contributed by atoms with Crippen molar-refractivity contribution in [3.05, 3.63) is 30.1 Å². The molecule has 2 rings (SSSR count). The molecule has 0 amide bonds. The third-order valence-electron chi connectivity index (χ3n) is 3.68.